The second-order valence-electron chi connectivity index (χ2n) is 6.59. The Kier molecular flexibility index (Phi) is 6.61. The van der Waals surface area contributed by atoms with E-state index in [2.05, 4.69) is 4.98 Å². The number of hydrogen-bond acceptors (Lipinski definition) is 6. The second-order valence-corrected chi connectivity index (χ2v) is 6.59. The van der Waals surface area contributed by atoms with E-state index in [1.54, 1.807) is 55.9 Å². The predicted octanol–water partition coefficient (Wildman–Crippen LogP) is 2.94. The van der Waals surface area contributed by atoms with E-state index < -0.39 is 17.7 Å². The molecule has 152 valence electrons. The summed E-state index contributed by atoms with van der Waals surface area (Å²) in [4.78, 5) is 31.2. The Morgan fingerprint density at radius 3 is 2.76 bits per heavy atom. The Labute approximate surface area is 169 Å². The molecule has 0 bridgehead atoms. The first-order valence-corrected chi connectivity index (χ1v) is 9.49. The van der Waals surface area contributed by atoms with Crippen molar-refractivity contribution in [3.05, 3.63) is 65.5 Å². The first-order chi connectivity index (χ1) is 14.1. The third-order valence-electron chi connectivity index (χ3n) is 4.71. The van der Waals surface area contributed by atoms with Gasteiger partial charge in [0.15, 0.2) is 0 Å². The Bertz CT molecular complexity index is 910. The van der Waals surface area contributed by atoms with Crippen LogP contribution in [-0.2, 0) is 14.3 Å². The summed E-state index contributed by atoms with van der Waals surface area (Å²) in [7, 11) is 1.58. The molecule has 1 aliphatic heterocycles. The number of benzene rings is 1. The van der Waals surface area contributed by atoms with Crippen LogP contribution in [0.4, 0.5) is 0 Å². The highest BCUT2D eigenvalue weighted by Crippen LogP contribution is 2.39. The number of hydrogen-bond donors (Lipinski definition) is 1. The Hall–Kier alpha value is -3.19. The van der Waals surface area contributed by atoms with E-state index in [0.29, 0.717) is 43.1 Å². The summed E-state index contributed by atoms with van der Waals surface area (Å²) in [6.45, 7) is 3.12. The van der Waals surface area contributed by atoms with E-state index >= 15 is 0 Å². The van der Waals surface area contributed by atoms with Crippen molar-refractivity contribution in [1.29, 1.82) is 0 Å². The number of aliphatic hydroxyl groups is 1. The zero-order valence-electron chi connectivity index (χ0n) is 16.5. The number of aromatic nitrogens is 1. The lowest BCUT2D eigenvalue weighted by Gasteiger charge is -2.25. The van der Waals surface area contributed by atoms with Crippen LogP contribution in [-0.4, -0.2) is 53.5 Å². The molecule has 0 saturated carbocycles. The molecule has 1 amide bonds. The van der Waals surface area contributed by atoms with Gasteiger partial charge in [0, 0.05) is 38.2 Å². The third-order valence-corrected chi connectivity index (χ3v) is 4.71. The summed E-state index contributed by atoms with van der Waals surface area (Å²) < 4.78 is 10.6. The molecule has 1 saturated heterocycles. The van der Waals surface area contributed by atoms with Crippen molar-refractivity contribution in [1.82, 2.24) is 9.88 Å². The van der Waals surface area contributed by atoms with Gasteiger partial charge in [-0.15, -0.1) is 0 Å². The number of amides is 1. The summed E-state index contributed by atoms with van der Waals surface area (Å²) in [5.74, 6) is -1.01. The lowest BCUT2D eigenvalue weighted by Crippen LogP contribution is -2.31. The molecule has 0 spiro atoms. The number of likely N-dealkylation sites (tertiary alicyclic amines) is 1. The molecule has 29 heavy (non-hydrogen) atoms. The minimum absolute atomic E-state index is 0.0501. The molecule has 1 aromatic heterocycles. The number of aliphatic hydroxyl groups excluding tert-OH is 1. The molecule has 1 aromatic carbocycles. The van der Waals surface area contributed by atoms with E-state index in [-0.39, 0.29) is 11.3 Å². The minimum atomic E-state index is -0.712. The van der Waals surface area contributed by atoms with Gasteiger partial charge in [-0.25, -0.2) is 0 Å². The number of Topliss-reactive ketones (excluding diaryl/α,β-unsaturated/α-hetero) is 1. The maximum absolute atomic E-state index is 12.9. The van der Waals surface area contributed by atoms with Gasteiger partial charge >= 0.3 is 0 Å². The largest absolute Gasteiger partial charge is 0.507 e. The molecule has 1 unspecified atom stereocenters. The number of ketones is 1. The van der Waals surface area contributed by atoms with Gasteiger partial charge in [0.2, 0.25) is 0 Å². The van der Waals surface area contributed by atoms with Crippen molar-refractivity contribution in [3.63, 3.8) is 0 Å². The quantitative estimate of drug-likeness (QED) is 0.319. The van der Waals surface area contributed by atoms with Crippen LogP contribution in [0.2, 0.25) is 0 Å². The molecule has 1 N–H and O–H groups in total. The van der Waals surface area contributed by atoms with Crippen molar-refractivity contribution in [2.45, 2.75) is 19.4 Å². The van der Waals surface area contributed by atoms with E-state index in [1.165, 1.54) is 4.90 Å². The molecule has 2 aromatic rings. The number of pyridine rings is 1. The zero-order chi connectivity index (χ0) is 20.8. The number of ether oxygens (including phenoxy) is 2. The van der Waals surface area contributed by atoms with Crippen LogP contribution in [0, 0.1) is 0 Å². The first kappa shape index (κ1) is 20.5. The van der Waals surface area contributed by atoms with Gasteiger partial charge in [-0.1, -0.05) is 18.2 Å². The predicted molar refractivity (Wildman–Crippen MR) is 107 cm³/mol. The summed E-state index contributed by atoms with van der Waals surface area (Å²) in [6.07, 6.45) is 3.79. The Balaban J connectivity index is 2.08. The van der Waals surface area contributed by atoms with Crippen LogP contribution in [0.25, 0.3) is 5.76 Å². The number of methoxy groups -OCH3 is 1. The van der Waals surface area contributed by atoms with Gasteiger partial charge in [0.25, 0.3) is 11.7 Å². The van der Waals surface area contributed by atoms with E-state index in [4.69, 9.17) is 9.47 Å². The van der Waals surface area contributed by atoms with E-state index in [1.807, 2.05) is 6.92 Å². The van der Waals surface area contributed by atoms with Gasteiger partial charge in [-0.2, -0.15) is 0 Å². The van der Waals surface area contributed by atoms with Gasteiger partial charge < -0.3 is 19.5 Å². The van der Waals surface area contributed by atoms with Crippen LogP contribution in [0.3, 0.4) is 0 Å². The maximum atomic E-state index is 12.9. The monoisotopic (exact) mass is 396 g/mol. The Morgan fingerprint density at radius 2 is 2.07 bits per heavy atom. The third kappa shape index (κ3) is 4.30. The second kappa shape index (κ2) is 9.34. The molecule has 7 heteroatoms. The SMILES string of the molecule is CCOc1cccc(C(O)=C2C(=O)C(=O)N(CCCOC)C2c2cccnc2)c1. The molecular weight excluding hydrogens is 372 g/mol. The van der Waals surface area contributed by atoms with Crippen LogP contribution in [0.1, 0.15) is 30.5 Å². The van der Waals surface area contributed by atoms with Crippen molar-refractivity contribution < 1.29 is 24.2 Å². The molecule has 0 aliphatic carbocycles. The summed E-state index contributed by atoms with van der Waals surface area (Å²) >= 11 is 0. The minimum Gasteiger partial charge on any atom is -0.507 e. The van der Waals surface area contributed by atoms with Gasteiger partial charge in [-0.3, -0.25) is 14.6 Å². The zero-order valence-corrected chi connectivity index (χ0v) is 16.5. The van der Waals surface area contributed by atoms with Crippen molar-refractivity contribution in [2.24, 2.45) is 0 Å². The van der Waals surface area contributed by atoms with Crippen LogP contribution < -0.4 is 4.74 Å². The molecule has 1 atom stereocenters. The fourth-order valence-electron chi connectivity index (χ4n) is 3.43. The number of carbonyl (C=O) groups excluding carboxylic acids is 2. The van der Waals surface area contributed by atoms with E-state index in [0.717, 1.165) is 0 Å². The lowest BCUT2D eigenvalue weighted by atomic mass is 9.96. The topological polar surface area (TPSA) is 89.0 Å². The summed E-state index contributed by atoms with van der Waals surface area (Å²) in [6, 6.07) is 9.64. The average molecular weight is 396 g/mol. The van der Waals surface area contributed by atoms with Crippen LogP contribution >= 0.6 is 0 Å². The summed E-state index contributed by atoms with van der Waals surface area (Å²) in [5.41, 5.74) is 1.13. The van der Waals surface area contributed by atoms with Crippen molar-refractivity contribution in [2.75, 3.05) is 26.9 Å². The van der Waals surface area contributed by atoms with E-state index in [9.17, 15) is 14.7 Å². The molecule has 1 aliphatic rings. The van der Waals surface area contributed by atoms with Gasteiger partial charge in [0.05, 0.1) is 18.2 Å². The highest BCUT2D eigenvalue weighted by atomic mass is 16.5. The number of nitrogens with zero attached hydrogens (tertiary/aromatic N) is 2. The summed E-state index contributed by atoms with van der Waals surface area (Å²) in [5, 5.41) is 11.0. The van der Waals surface area contributed by atoms with Gasteiger partial charge in [-0.05, 0) is 37.1 Å². The normalized spacial score (nSPS) is 18.3. The molecule has 0 radical (unpaired) electrons. The molecule has 3 rings (SSSR count). The van der Waals surface area contributed by atoms with Crippen LogP contribution in [0.5, 0.6) is 5.75 Å². The highest BCUT2D eigenvalue weighted by molar-refractivity contribution is 6.46. The fourth-order valence-corrected chi connectivity index (χ4v) is 3.43. The Morgan fingerprint density at radius 1 is 1.24 bits per heavy atom. The molecule has 7 nitrogen and oxygen atoms in total. The maximum Gasteiger partial charge on any atom is 0.295 e. The lowest BCUT2D eigenvalue weighted by molar-refractivity contribution is -0.140. The molecule has 2 heterocycles. The average Bonchev–Trinajstić information content (AvgIpc) is 2.99. The van der Waals surface area contributed by atoms with Gasteiger partial charge in [0.1, 0.15) is 11.5 Å². The fraction of sp³-hybridized carbons (Fsp3) is 0.318. The van der Waals surface area contributed by atoms with Crippen LogP contribution in [0.15, 0.2) is 54.4 Å². The number of carbonyl (C=O) groups is 2. The highest BCUT2D eigenvalue weighted by Gasteiger charge is 2.45. The first-order valence-electron chi connectivity index (χ1n) is 9.49. The van der Waals surface area contributed by atoms with Crippen molar-refractivity contribution in [3.8, 4) is 5.75 Å². The number of rotatable bonds is 8. The smallest absolute Gasteiger partial charge is 0.295 e. The molecular formula is C22H24N2O5. The standard InChI is InChI=1S/C22H24N2O5/c1-3-29-17-9-4-7-15(13-17)20(25)18-19(16-8-5-10-23-14-16)24(11-6-12-28-2)22(27)21(18)26/h4-5,7-10,13-14,19,25H,3,6,11-12H2,1-2H3. The molecule has 1 fully saturated rings. The van der Waals surface area contributed by atoms with Crippen molar-refractivity contribution >= 4 is 17.4 Å².